The summed E-state index contributed by atoms with van der Waals surface area (Å²) in [7, 11) is 0. The standard InChI is InChI=1S/C10H7N3O5/c1-5-9(13(17)18)10(14)7-4-6(12(15)16)2-3-8(7)11-5/h2-4,9H,1H3/t9-/m1/s1. The monoisotopic (exact) mass is 249 g/mol. The summed E-state index contributed by atoms with van der Waals surface area (Å²) in [4.78, 5) is 35.8. The van der Waals surface area contributed by atoms with Crippen LogP contribution in [-0.2, 0) is 0 Å². The number of benzene rings is 1. The molecule has 0 fully saturated rings. The molecule has 1 heterocycles. The van der Waals surface area contributed by atoms with E-state index in [1.54, 1.807) is 0 Å². The topological polar surface area (TPSA) is 116 Å². The number of non-ortho nitro benzene ring substituents is 1. The molecule has 0 saturated heterocycles. The lowest BCUT2D eigenvalue weighted by atomic mass is 9.96. The number of fused-ring (bicyclic) bond motifs is 1. The maximum absolute atomic E-state index is 11.9. The number of nitro benzene ring substituents is 1. The van der Waals surface area contributed by atoms with Crippen LogP contribution in [0.4, 0.5) is 11.4 Å². The Labute approximate surface area is 100 Å². The number of hydrogen-bond donors (Lipinski definition) is 0. The third kappa shape index (κ3) is 1.73. The summed E-state index contributed by atoms with van der Waals surface area (Å²) in [5, 5.41) is 21.4. The number of aliphatic imine (C=N–C) groups is 1. The lowest BCUT2D eigenvalue weighted by Crippen LogP contribution is -2.38. The molecule has 0 unspecified atom stereocenters. The summed E-state index contributed by atoms with van der Waals surface area (Å²) in [5.74, 6) is -0.772. The van der Waals surface area contributed by atoms with E-state index in [9.17, 15) is 25.0 Å². The van der Waals surface area contributed by atoms with Crippen LogP contribution in [0.5, 0.6) is 0 Å². The van der Waals surface area contributed by atoms with Gasteiger partial charge >= 0.3 is 6.04 Å². The first-order chi connectivity index (χ1) is 8.41. The van der Waals surface area contributed by atoms with Crippen molar-refractivity contribution < 1.29 is 14.6 Å². The average molecular weight is 249 g/mol. The van der Waals surface area contributed by atoms with Gasteiger partial charge in [0.1, 0.15) is 0 Å². The molecular formula is C10H7N3O5. The quantitative estimate of drug-likeness (QED) is 0.582. The molecular weight excluding hydrogens is 242 g/mol. The minimum absolute atomic E-state index is 0.0753. The van der Waals surface area contributed by atoms with E-state index in [0.29, 0.717) is 0 Å². The van der Waals surface area contributed by atoms with Crippen LogP contribution in [0.1, 0.15) is 17.3 Å². The lowest BCUT2D eigenvalue weighted by Gasteiger charge is -2.15. The van der Waals surface area contributed by atoms with Crippen LogP contribution in [-0.4, -0.2) is 27.4 Å². The van der Waals surface area contributed by atoms with Gasteiger partial charge in [-0.3, -0.25) is 25.0 Å². The Hall–Kier alpha value is -2.64. The minimum Gasteiger partial charge on any atom is -0.286 e. The van der Waals surface area contributed by atoms with Crippen molar-refractivity contribution in [3.8, 4) is 0 Å². The zero-order valence-electron chi connectivity index (χ0n) is 9.19. The fourth-order valence-corrected chi connectivity index (χ4v) is 1.77. The molecule has 0 N–H and O–H groups in total. The van der Waals surface area contributed by atoms with Gasteiger partial charge in [-0.15, -0.1) is 0 Å². The van der Waals surface area contributed by atoms with Gasteiger partial charge in [-0.25, -0.2) is 4.99 Å². The molecule has 0 radical (unpaired) electrons. The summed E-state index contributed by atoms with van der Waals surface area (Å²) >= 11 is 0. The van der Waals surface area contributed by atoms with Crippen molar-refractivity contribution >= 4 is 22.9 Å². The fourth-order valence-electron chi connectivity index (χ4n) is 1.77. The molecule has 1 aliphatic rings. The molecule has 0 bridgehead atoms. The Balaban J connectivity index is 2.60. The Morgan fingerprint density at radius 3 is 2.50 bits per heavy atom. The predicted octanol–water partition coefficient (Wildman–Crippen LogP) is 1.53. The van der Waals surface area contributed by atoms with Gasteiger partial charge in [0.2, 0.25) is 5.78 Å². The summed E-state index contributed by atoms with van der Waals surface area (Å²) in [6, 6.07) is 1.98. The second kappa shape index (κ2) is 3.99. The zero-order valence-corrected chi connectivity index (χ0v) is 9.19. The van der Waals surface area contributed by atoms with E-state index in [4.69, 9.17) is 0 Å². The molecule has 1 aromatic rings. The molecule has 1 aromatic carbocycles. The van der Waals surface area contributed by atoms with E-state index in [-0.39, 0.29) is 22.6 Å². The minimum atomic E-state index is -1.56. The Kier molecular flexibility index (Phi) is 2.62. The number of carbonyl (C=O) groups excluding carboxylic acids is 1. The maximum atomic E-state index is 11.9. The van der Waals surface area contributed by atoms with Crippen molar-refractivity contribution in [1.29, 1.82) is 0 Å². The molecule has 8 heteroatoms. The number of nitro groups is 2. The van der Waals surface area contributed by atoms with Gasteiger partial charge in [-0.05, 0) is 13.0 Å². The second-order valence-corrected chi connectivity index (χ2v) is 3.76. The van der Waals surface area contributed by atoms with Gasteiger partial charge < -0.3 is 0 Å². The number of nitrogens with zero attached hydrogens (tertiary/aromatic N) is 3. The van der Waals surface area contributed by atoms with Crippen LogP contribution in [0.2, 0.25) is 0 Å². The van der Waals surface area contributed by atoms with Crippen LogP contribution in [0.25, 0.3) is 0 Å². The average Bonchev–Trinajstić information content (AvgIpc) is 2.27. The van der Waals surface area contributed by atoms with E-state index in [0.717, 1.165) is 6.07 Å². The molecule has 8 nitrogen and oxygen atoms in total. The molecule has 0 amide bonds. The van der Waals surface area contributed by atoms with E-state index < -0.39 is 21.7 Å². The molecule has 1 atom stereocenters. The highest BCUT2D eigenvalue weighted by atomic mass is 16.6. The first-order valence-corrected chi connectivity index (χ1v) is 4.93. The van der Waals surface area contributed by atoms with Crippen molar-refractivity contribution in [2.75, 3.05) is 0 Å². The largest absolute Gasteiger partial charge is 0.312 e. The van der Waals surface area contributed by atoms with Crippen LogP contribution in [0, 0.1) is 20.2 Å². The van der Waals surface area contributed by atoms with Crippen molar-refractivity contribution in [3.63, 3.8) is 0 Å². The van der Waals surface area contributed by atoms with Gasteiger partial charge in [0, 0.05) is 17.1 Å². The highest BCUT2D eigenvalue weighted by Gasteiger charge is 2.39. The van der Waals surface area contributed by atoms with E-state index in [1.165, 1.54) is 19.1 Å². The Morgan fingerprint density at radius 2 is 1.94 bits per heavy atom. The zero-order chi connectivity index (χ0) is 13.4. The third-order valence-corrected chi connectivity index (χ3v) is 2.61. The first-order valence-electron chi connectivity index (χ1n) is 4.93. The number of hydrogen-bond acceptors (Lipinski definition) is 6. The molecule has 2 rings (SSSR count). The van der Waals surface area contributed by atoms with Gasteiger partial charge in [0.25, 0.3) is 5.69 Å². The summed E-state index contributed by atoms with van der Waals surface area (Å²) < 4.78 is 0. The predicted molar refractivity (Wildman–Crippen MR) is 61.0 cm³/mol. The number of Topliss-reactive ketones (excluding diaryl/α,β-unsaturated/α-hetero) is 1. The number of carbonyl (C=O) groups is 1. The Bertz CT molecular complexity index is 608. The maximum Gasteiger partial charge on any atom is 0.312 e. The lowest BCUT2D eigenvalue weighted by molar-refractivity contribution is -0.486. The van der Waals surface area contributed by atoms with Crippen LogP contribution in [0.15, 0.2) is 23.2 Å². The van der Waals surface area contributed by atoms with Gasteiger partial charge in [-0.2, -0.15) is 0 Å². The van der Waals surface area contributed by atoms with E-state index in [2.05, 4.69) is 4.99 Å². The van der Waals surface area contributed by atoms with Crippen LogP contribution in [0.3, 0.4) is 0 Å². The summed E-state index contributed by atoms with van der Waals surface area (Å²) in [6.45, 7) is 1.38. The fraction of sp³-hybridized carbons (Fsp3) is 0.200. The van der Waals surface area contributed by atoms with Gasteiger partial charge in [0.05, 0.1) is 21.9 Å². The van der Waals surface area contributed by atoms with E-state index >= 15 is 0 Å². The molecule has 92 valence electrons. The smallest absolute Gasteiger partial charge is 0.286 e. The second-order valence-electron chi connectivity index (χ2n) is 3.76. The van der Waals surface area contributed by atoms with Crippen molar-refractivity contribution in [2.45, 2.75) is 13.0 Å². The van der Waals surface area contributed by atoms with Gasteiger partial charge in [-0.1, -0.05) is 0 Å². The SMILES string of the molecule is CC1=Nc2ccc([N+](=O)[O-])cc2C(=O)[C@@H]1[N+](=O)[O-]. The first kappa shape index (κ1) is 11.8. The van der Waals surface area contributed by atoms with Crippen LogP contribution < -0.4 is 0 Å². The molecule has 18 heavy (non-hydrogen) atoms. The van der Waals surface area contributed by atoms with Crippen molar-refractivity contribution in [2.24, 2.45) is 4.99 Å². The van der Waals surface area contributed by atoms with Gasteiger partial charge in [0.15, 0.2) is 0 Å². The number of rotatable bonds is 2. The van der Waals surface area contributed by atoms with Crippen molar-refractivity contribution in [3.05, 3.63) is 44.0 Å². The van der Waals surface area contributed by atoms with Crippen molar-refractivity contribution in [1.82, 2.24) is 0 Å². The Morgan fingerprint density at radius 1 is 1.28 bits per heavy atom. The highest BCUT2D eigenvalue weighted by molar-refractivity contribution is 6.19. The summed E-state index contributed by atoms with van der Waals surface area (Å²) in [5.41, 5.74) is -0.0806. The highest BCUT2D eigenvalue weighted by Crippen LogP contribution is 2.30. The molecule has 0 spiro atoms. The molecule has 0 aliphatic carbocycles. The molecule has 0 aromatic heterocycles. The molecule has 1 aliphatic heterocycles. The van der Waals surface area contributed by atoms with E-state index in [1.807, 2.05) is 0 Å². The summed E-state index contributed by atoms with van der Waals surface area (Å²) in [6.07, 6.45) is 0. The molecule has 0 saturated carbocycles. The van der Waals surface area contributed by atoms with Crippen LogP contribution >= 0.6 is 0 Å². The normalized spacial score (nSPS) is 17.9. The number of ketones is 1. The third-order valence-electron chi connectivity index (χ3n) is 2.61.